The van der Waals surface area contributed by atoms with Crippen molar-refractivity contribution in [3.63, 3.8) is 0 Å². The summed E-state index contributed by atoms with van der Waals surface area (Å²) in [6, 6.07) is 2.87. The Morgan fingerprint density at radius 2 is 1.95 bits per heavy atom. The number of amides is 1. The minimum Gasteiger partial charge on any atom is -0.335 e. The maximum Gasteiger partial charge on any atom is 0.226 e. The van der Waals surface area contributed by atoms with E-state index in [-0.39, 0.29) is 5.92 Å². The molecule has 2 heterocycles. The molecule has 3 aliphatic rings. The standard InChI is InChI=1S/C18H26N2OS/c19-17-12-3-1-4-13(17)10-15(9-12)18(21)20-7-2-5-16(20)14-6-8-22-11-14/h6,8,11-13,15-17H,1-5,7,9-10,19H2. The van der Waals surface area contributed by atoms with Crippen molar-refractivity contribution < 1.29 is 4.79 Å². The summed E-state index contributed by atoms with van der Waals surface area (Å²) in [5.41, 5.74) is 7.72. The van der Waals surface area contributed by atoms with Crippen molar-refractivity contribution in [3.8, 4) is 0 Å². The normalized spacial score (nSPS) is 38.2. The third-order valence-corrected chi connectivity index (χ3v) is 6.93. The van der Waals surface area contributed by atoms with Crippen molar-refractivity contribution in [1.29, 1.82) is 0 Å². The Labute approximate surface area is 136 Å². The molecule has 0 spiro atoms. The van der Waals surface area contributed by atoms with E-state index in [4.69, 9.17) is 5.73 Å². The number of thiophene rings is 1. The van der Waals surface area contributed by atoms with Gasteiger partial charge in [0.25, 0.3) is 0 Å². The van der Waals surface area contributed by atoms with Crippen LogP contribution in [0.3, 0.4) is 0 Å². The second-order valence-electron chi connectivity index (χ2n) is 7.44. The van der Waals surface area contributed by atoms with Crippen LogP contribution < -0.4 is 5.73 Å². The van der Waals surface area contributed by atoms with E-state index < -0.39 is 0 Å². The lowest BCUT2D eigenvalue weighted by atomic mass is 9.65. The Hall–Kier alpha value is -0.870. The number of rotatable bonds is 2. The predicted molar refractivity (Wildman–Crippen MR) is 89.5 cm³/mol. The molecule has 1 aliphatic heterocycles. The van der Waals surface area contributed by atoms with E-state index in [1.807, 2.05) is 0 Å². The molecular weight excluding hydrogens is 292 g/mol. The van der Waals surface area contributed by atoms with Gasteiger partial charge in [0.2, 0.25) is 5.91 Å². The van der Waals surface area contributed by atoms with Gasteiger partial charge in [0.1, 0.15) is 0 Å². The lowest BCUT2D eigenvalue weighted by Crippen LogP contribution is -2.49. The van der Waals surface area contributed by atoms with Crippen LogP contribution in [-0.2, 0) is 4.79 Å². The van der Waals surface area contributed by atoms with E-state index >= 15 is 0 Å². The zero-order valence-corrected chi connectivity index (χ0v) is 13.9. The Morgan fingerprint density at radius 3 is 2.64 bits per heavy atom. The molecule has 0 aromatic carbocycles. The number of fused-ring (bicyclic) bond motifs is 2. The monoisotopic (exact) mass is 318 g/mol. The highest BCUT2D eigenvalue weighted by atomic mass is 32.1. The summed E-state index contributed by atoms with van der Waals surface area (Å²) >= 11 is 1.74. The maximum absolute atomic E-state index is 13.1. The lowest BCUT2D eigenvalue weighted by molar-refractivity contribution is -0.139. The average Bonchev–Trinajstić information content (AvgIpc) is 3.17. The fourth-order valence-electron chi connectivity index (χ4n) is 5.07. The summed E-state index contributed by atoms with van der Waals surface area (Å²) in [7, 11) is 0. The fraction of sp³-hybridized carbons (Fsp3) is 0.722. The predicted octanol–water partition coefficient (Wildman–Crippen LogP) is 3.57. The van der Waals surface area contributed by atoms with Crippen LogP contribution in [0.25, 0.3) is 0 Å². The lowest BCUT2D eigenvalue weighted by Gasteiger charge is -2.44. The van der Waals surface area contributed by atoms with Crippen molar-refractivity contribution in [2.24, 2.45) is 23.5 Å². The number of carbonyl (C=O) groups excluding carboxylic acids is 1. The minimum atomic E-state index is 0.231. The van der Waals surface area contributed by atoms with Gasteiger partial charge in [-0.2, -0.15) is 11.3 Å². The molecule has 4 heteroatoms. The highest BCUT2D eigenvalue weighted by molar-refractivity contribution is 7.07. The molecule has 1 saturated heterocycles. The SMILES string of the molecule is NC1C2CCCC1CC(C(=O)N1CCCC1c1ccsc1)C2. The van der Waals surface area contributed by atoms with E-state index in [1.165, 1.54) is 24.8 Å². The summed E-state index contributed by atoms with van der Waals surface area (Å²) in [6.07, 6.45) is 8.11. The quantitative estimate of drug-likeness (QED) is 0.906. The van der Waals surface area contributed by atoms with Gasteiger partial charge in [-0.05, 0) is 72.8 Å². The first-order chi connectivity index (χ1) is 10.7. The molecule has 3 nitrogen and oxygen atoms in total. The largest absolute Gasteiger partial charge is 0.335 e. The number of carbonyl (C=O) groups is 1. The number of nitrogens with two attached hydrogens (primary N) is 1. The van der Waals surface area contributed by atoms with Gasteiger partial charge in [0.15, 0.2) is 0 Å². The zero-order chi connectivity index (χ0) is 15.1. The van der Waals surface area contributed by atoms with Crippen LogP contribution in [0, 0.1) is 17.8 Å². The van der Waals surface area contributed by atoms with Crippen LogP contribution in [0.2, 0.25) is 0 Å². The Morgan fingerprint density at radius 1 is 1.18 bits per heavy atom. The van der Waals surface area contributed by atoms with Crippen molar-refractivity contribution in [2.45, 2.75) is 57.0 Å². The first kappa shape index (κ1) is 14.7. The smallest absolute Gasteiger partial charge is 0.226 e. The van der Waals surface area contributed by atoms with Gasteiger partial charge in [-0.15, -0.1) is 0 Å². The molecular formula is C18H26N2OS. The molecule has 1 aromatic rings. The van der Waals surface area contributed by atoms with E-state index in [0.29, 0.717) is 29.8 Å². The van der Waals surface area contributed by atoms with E-state index in [1.54, 1.807) is 11.3 Å². The summed E-state index contributed by atoms with van der Waals surface area (Å²) in [5.74, 6) is 1.82. The van der Waals surface area contributed by atoms with Crippen molar-refractivity contribution >= 4 is 17.2 Å². The van der Waals surface area contributed by atoms with Crippen molar-refractivity contribution in [2.75, 3.05) is 6.54 Å². The first-order valence-electron chi connectivity index (χ1n) is 8.82. The van der Waals surface area contributed by atoms with Crippen LogP contribution in [0.4, 0.5) is 0 Å². The minimum absolute atomic E-state index is 0.231. The van der Waals surface area contributed by atoms with Gasteiger partial charge in [0, 0.05) is 18.5 Å². The van der Waals surface area contributed by atoms with Gasteiger partial charge >= 0.3 is 0 Å². The molecule has 2 bridgehead atoms. The molecule has 3 fully saturated rings. The number of hydrogen-bond donors (Lipinski definition) is 1. The number of likely N-dealkylation sites (tertiary alicyclic amines) is 1. The van der Waals surface area contributed by atoms with E-state index in [9.17, 15) is 4.79 Å². The Balaban J connectivity index is 1.49. The Kier molecular flexibility index (Phi) is 3.99. The average molecular weight is 318 g/mol. The molecule has 2 saturated carbocycles. The summed E-state index contributed by atoms with van der Waals surface area (Å²) < 4.78 is 0. The van der Waals surface area contributed by atoms with Crippen LogP contribution in [0.1, 0.15) is 56.6 Å². The number of nitrogens with zero attached hydrogens (tertiary/aromatic N) is 1. The third kappa shape index (κ3) is 2.50. The van der Waals surface area contributed by atoms with Gasteiger partial charge in [-0.25, -0.2) is 0 Å². The van der Waals surface area contributed by atoms with Gasteiger partial charge in [0.05, 0.1) is 6.04 Å². The van der Waals surface area contributed by atoms with Gasteiger partial charge in [-0.3, -0.25) is 4.79 Å². The molecule has 2 N–H and O–H groups in total. The zero-order valence-electron chi connectivity index (χ0n) is 13.1. The van der Waals surface area contributed by atoms with E-state index in [0.717, 1.165) is 32.2 Å². The van der Waals surface area contributed by atoms with Crippen molar-refractivity contribution in [3.05, 3.63) is 22.4 Å². The molecule has 4 rings (SSSR count). The van der Waals surface area contributed by atoms with Gasteiger partial charge in [-0.1, -0.05) is 6.42 Å². The molecule has 1 aromatic heterocycles. The maximum atomic E-state index is 13.1. The van der Waals surface area contributed by atoms with Crippen molar-refractivity contribution in [1.82, 2.24) is 4.90 Å². The number of hydrogen-bond acceptors (Lipinski definition) is 3. The summed E-state index contributed by atoms with van der Waals surface area (Å²) in [5, 5.41) is 4.34. The molecule has 1 amide bonds. The highest BCUT2D eigenvalue weighted by Crippen LogP contribution is 2.44. The molecule has 2 aliphatic carbocycles. The van der Waals surface area contributed by atoms with Crippen LogP contribution in [-0.4, -0.2) is 23.4 Å². The Bertz CT molecular complexity index is 515. The van der Waals surface area contributed by atoms with Crippen LogP contribution in [0.5, 0.6) is 0 Å². The second-order valence-corrected chi connectivity index (χ2v) is 8.22. The molecule has 22 heavy (non-hydrogen) atoms. The second kappa shape index (κ2) is 5.97. The summed E-state index contributed by atoms with van der Waals surface area (Å²) in [4.78, 5) is 15.3. The van der Waals surface area contributed by atoms with Crippen LogP contribution in [0.15, 0.2) is 16.8 Å². The first-order valence-corrected chi connectivity index (χ1v) is 9.76. The molecule has 120 valence electrons. The fourth-order valence-corrected chi connectivity index (χ4v) is 5.77. The molecule has 3 unspecified atom stereocenters. The van der Waals surface area contributed by atoms with Crippen LogP contribution >= 0.6 is 11.3 Å². The van der Waals surface area contributed by atoms with E-state index in [2.05, 4.69) is 21.7 Å². The summed E-state index contributed by atoms with van der Waals surface area (Å²) in [6.45, 7) is 0.942. The molecule has 3 atom stereocenters. The molecule has 0 radical (unpaired) electrons. The topological polar surface area (TPSA) is 46.3 Å². The van der Waals surface area contributed by atoms with Gasteiger partial charge < -0.3 is 10.6 Å². The highest BCUT2D eigenvalue weighted by Gasteiger charge is 2.43. The third-order valence-electron chi connectivity index (χ3n) is 6.23.